The van der Waals surface area contributed by atoms with Crippen molar-refractivity contribution in [2.45, 2.75) is 19.8 Å². The minimum Gasteiger partial charge on any atom is -0.355 e. The maximum absolute atomic E-state index is 12.6. The number of aromatic nitrogens is 3. The van der Waals surface area contributed by atoms with Crippen molar-refractivity contribution in [2.24, 2.45) is 5.92 Å². The molecule has 1 amide bonds. The highest BCUT2D eigenvalue weighted by Gasteiger charge is 2.17. The molecule has 1 saturated heterocycles. The van der Waals surface area contributed by atoms with E-state index in [0.717, 1.165) is 52.7 Å². The molecule has 1 aliphatic heterocycles. The van der Waals surface area contributed by atoms with Crippen LogP contribution in [0.2, 0.25) is 0 Å². The highest BCUT2D eigenvalue weighted by molar-refractivity contribution is 6.06. The Labute approximate surface area is 181 Å². The first-order valence-corrected chi connectivity index (χ1v) is 10.7. The SMILES string of the molecule is CC1CCN(c2ccc(-c3ccc(NC(=O)c4cc5ccccc5[nH]4)cc3)nn2)CC1. The molecule has 6 heteroatoms. The van der Waals surface area contributed by atoms with Crippen LogP contribution in [0.4, 0.5) is 11.5 Å². The summed E-state index contributed by atoms with van der Waals surface area (Å²) in [7, 11) is 0. The molecule has 0 radical (unpaired) electrons. The van der Waals surface area contributed by atoms with E-state index in [0.29, 0.717) is 5.69 Å². The van der Waals surface area contributed by atoms with Gasteiger partial charge in [-0.15, -0.1) is 10.2 Å². The fraction of sp³-hybridized carbons (Fsp3) is 0.240. The lowest BCUT2D eigenvalue weighted by atomic mass is 9.99. The molecule has 5 rings (SSSR count). The Hall–Kier alpha value is -3.67. The van der Waals surface area contributed by atoms with Gasteiger partial charge in [0, 0.05) is 35.2 Å². The molecule has 0 aliphatic carbocycles. The summed E-state index contributed by atoms with van der Waals surface area (Å²) in [6.07, 6.45) is 2.41. The summed E-state index contributed by atoms with van der Waals surface area (Å²) in [5, 5.41) is 12.8. The Morgan fingerprint density at radius 2 is 1.77 bits per heavy atom. The molecule has 156 valence electrons. The number of nitrogens with one attached hydrogen (secondary N) is 2. The van der Waals surface area contributed by atoms with E-state index in [9.17, 15) is 4.79 Å². The molecule has 2 N–H and O–H groups in total. The number of carbonyl (C=O) groups is 1. The number of nitrogens with zero attached hydrogens (tertiary/aromatic N) is 3. The van der Waals surface area contributed by atoms with Crippen molar-refractivity contribution in [1.29, 1.82) is 0 Å². The molecule has 1 fully saturated rings. The number of hydrogen-bond donors (Lipinski definition) is 2. The van der Waals surface area contributed by atoms with Crippen molar-refractivity contribution in [2.75, 3.05) is 23.3 Å². The first kappa shape index (κ1) is 19.3. The predicted octanol–water partition coefficient (Wildman–Crippen LogP) is 5.11. The molecule has 0 spiro atoms. The lowest BCUT2D eigenvalue weighted by Crippen LogP contribution is -2.33. The molecular weight excluding hydrogens is 386 g/mol. The van der Waals surface area contributed by atoms with Gasteiger partial charge in [-0.05, 0) is 55.2 Å². The maximum Gasteiger partial charge on any atom is 0.272 e. The molecule has 4 aromatic rings. The number of para-hydroxylation sites is 1. The van der Waals surface area contributed by atoms with E-state index < -0.39 is 0 Å². The Morgan fingerprint density at radius 1 is 1.00 bits per heavy atom. The van der Waals surface area contributed by atoms with Crippen LogP contribution >= 0.6 is 0 Å². The van der Waals surface area contributed by atoms with Crippen LogP contribution in [0, 0.1) is 5.92 Å². The Bertz CT molecular complexity index is 1160. The van der Waals surface area contributed by atoms with Gasteiger partial charge in [-0.2, -0.15) is 0 Å². The third kappa shape index (κ3) is 4.14. The summed E-state index contributed by atoms with van der Waals surface area (Å²) >= 11 is 0. The first-order chi connectivity index (χ1) is 15.2. The number of fused-ring (bicyclic) bond motifs is 1. The van der Waals surface area contributed by atoms with Gasteiger partial charge in [0.1, 0.15) is 5.69 Å². The number of hydrogen-bond acceptors (Lipinski definition) is 4. The minimum absolute atomic E-state index is 0.163. The highest BCUT2D eigenvalue weighted by atomic mass is 16.1. The lowest BCUT2D eigenvalue weighted by Gasteiger charge is -2.30. The Kier molecular flexibility index (Phi) is 5.12. The summed E-state index contributed by atoms with van der Waals surface area (Å²) < 4.78 is 0. The van der Waals surface area contributed by atoms with Gasteiger partial charge in [0.25, 0.3) is 5.91 Å². The summed E-state index contributed by atoms with van der Waals surface area (Å²) in [4.78, 5) is 18.0. The van der Waals surface area contributed by atoms with Gasteiger partial charge in [0.2, 0.25) is 0 Å². The van der Waals surface area contributed by atoms with Crippen LogP contribution in [-0.4, -0.2) is 34.2 Å². The number of carbonyl (C=O) groups excluding carboxylic acids is 1. The summed E-state index contributed by atoms with van der Waals surface area (Å²) in [5.41, 5.74) is 4.01. The van der Waals surface area contributed by atoms with Gasteiger partial charge in [-0.1, -0.05) is 37.3 Å². The highest BCUT2D eigenvalue weighted by Crippen LogP contribution is 2.24. The zero-order valence-electron chi connectivity index (χ0n) is 17.5. The van der Waals surface area contributed by atoms with Gasteiger partial charge in [-0.25, -0.2) is 0 Å². The average Bonchev–Trinajstić information content (AvgIpc) is 3.25. The molecule has 2 aromatic heterocycles. The molecule has 3 heterocycles. The predicted molar refractivity (Wildman–Crippen MR) is 124 cm³/mol. The molecular formula is C25H25N5O. The monoisotopic (exact) mass is 411 g/mol. The maximum atomic E-state index is 12.6. The topological polar surface area (TPSA) is 73.9 Å². The Balaban J connectivity index is 1.25. The molecule has 0 saturated carbocycles. The van der Waals surface area contributed by atoms with E-state index in [1.807, 2.05) is 66.7 Å². The van der Waals surface area contributed by atoms with Crippen molar-refractivity contribution >= 4 is 28.3 Å². The standard InChI is InChI=1S/C25H25N5O/c1-17-12-14-30(15-13-17)24-11-10-22(28-29-24)18-6-8-20(9-7-18)26-25(31)23-16-19-4-2-3-5-21(19)27-23/h2-11,16-17,27H,12-15H2,1H3,(H,26,31). The number of benzene rings is 2. The second-order valence-corrected chi connectivity index (χ2v) is 8.25. The normalized spacial score (nSPS) is 14.7. The van der Waals surface area contributed by atoms with Crippen LogP contribution in [-0.2, 0) is 0 Å². The zero-order chi connectivity index (χ0) is 21.2. The van der Waals surface area contributed by atoms with Gasteiger partial charge < -0.3 is 15.2 Å². The van der Waals surface area contributed by atoms with Crippen LogP contribution in [0.1, 0.15) is 30.3 Å². The van der Waals surface area contributed by atoms with Crippen LogP contribution in [0.15, 0.2) is 66.7 Å². The van der Waals surface area contributed by atoms with Crippen LogP contribution < -0.4 is 10.2 Å². The van der Waals surface area contributed by atoms with Crippen molar-refractivity contribution < 1.29 is 4.79 Å². The molecule has 2 aromatic carbocycles. The van der Waals surface area contributed by atoms with Crippen LogP contribution in [0.3, 0.4) is 0 Å². The van der Waals surface area contributed by atoms with Gasteiger partial charge in [-0.3, -0.25) is 4.79 Å². The number of rotatable bonds is 4. The summed E-state index contributed by atoms with van der Waals surface area (Å²) in [5.74, 6) is 1.57. The summed E-state index contributed by atoms with van der Waals surface area (Å²) in [6, 6.07) is 21.4. The smallest absolute Gasteiger partial charge is 0.272 e. The number of aromatic amines is 1. The van der Waals surface area contributed by atoms with E-state index in [-0.39, 0.29) is 5.91 Å². The fourth-order valence-corrected chi connectivity index (χ4v) is 4.00. The average molecular weight is 412 g/mol. The third-order valence-corrected chi connectivity index (χ3v) is 5.97. The third-order valence-electron chi connectivity index (χ3n) is 5.97. The Morgan fingerprint density at radius 3 is 2.48 bits per heavy atom. The number of amides is 1. The van der Waals surface area contributed by atoms with E-state index in [4.69, 9.17) is 0 Å². The fourth-order valence-electron chi connectivity index (χ4n) is 4.00. The number of piperidine rings is 1. The number of anilines is 2. The molecule has 1 aliphatic rings. The van der Waals surface area contributed by atoms with Crippen molar-refractivity contribution in [1.82, 2.24) is 15.2 Å². The van der Waals surface area contributed by atoms with Crippen LogP contribution in [0.25, 0.3) is 22.2 Å². The van der Waals surface area contributed by atoms with Gasteiger partial charge >= 0.3 is 0 Å². The molecule has 31 heavy (non-hydrogen) atoms. The number of H-pyrrole nitrogens is 1. The molecule has 6 nitrogen and oxygen atoms in total. The second kappa shape index (κ2) is 8.22. The molecule has 0 unspecified atom stereocenters. The van der Waals surface area contributed by atoms with Crippen molar-refractivity contribution in [3.05, 3.63) is 72.4 Å². The van der Waals surface area contributed by atoms with E-state index in [2.05, 4.69) is 32.3 Å². The largest absolute Gasteiger partial charge is 0.355 e. The zero-order valence-corrected chi connectivity index (χ0v) is 17.5. The van der Waals surface area contributed by atoms with Crippen molar-refractivity contribution in [3.8, 4) is 11.3 Å². The van der Waals surface area contributed by atoms with Crippen molar-refractivity contribution in [3.63, 3.8) is 0 Å². The van der Waals surface area contributed by atoms with E-state index in [1.165, 1.54) is 12.8 Å². The van der Waals surface area contributed by atoms with E-state index >= 15 is 0 Å². The lowest BCUT2D eigenvalue weighted by molar-refractivity contribution is 0.102. The quantitative estimate of drug-likeness (QED) is 0.489. The summed E-state index contributed by atoms with van der Waals surface area (Å²) in [6.45, 7) is 4.39. The van der Waals surface area contributed by atoms with E-state index in [1.54, 1.807) is 0 Å². The first-order valence-electron chi connectivity index (χ1n) is 10.7. The van der Waals surface area contributed by atoms with Crippen LogP contribution in [0.5, 0.6) is 0 Å². The molecule has 0 atom stereocenters. The minimum atomic E-state index is -0.163. The second-order valence-electron chi connectivity index (χ2n) is 8.25. The van der Waals surface area contributed by atoms with Gasteiger partial charge in [0.05, 0.1) is 5.69 Å². The molecule has 0 bridgehead atoms. The van der Waals surface area contributed by atoms with Gasteiger partial charge in [0.15, 0.2) is 5.82 Å².